The predicted octanol–water partition coefficient (Wildman–Crippen LogP) is 7.19. The van der Waals surface area contributed by atoms with Gasteiger partial charge in [-0.25, -0.2) is 0 Å². The fourth-order valence-corrected chi connectivity index (χ4v) is 9.53. The molecule has 2 saturated carbocycles. The Morgan fingerprint density at radius 3 is 0.964 bits per heavy atom. The molecular formula is C26H35MoSi+2. The first-order valence-electron chi connectivity index (χ1n) is 9.91. The minimum absolute atomic E-state index is 0. The smallest absolute Gasteiger partial charge is 0.184 e. The van der Waals surface area contributed by atoms with Crippen molar-refractivity contribution in [2.45, 2.75) is 68.5 Å². The first-order valence-corrected chi connectivity index (χ1v) is 12.9. The van der Waals surface area contributed by atoms with E-state index in [1.165, 1.54) is 47.3 Å². The van der Waals surface area contributed by atoms with E-state index >= 15 is 0 Å². The third-order valence-electron chi connectivity index (χ3n) is 6.73. The summed E-state index contributed by atoms with van der Waals surface area (Å²) in [7, 11) is -1.65. The van der Waals surface area contributed by atoms with Crippen molar-refractivity contribution in [1.82, 2.24) is 0 Å². The molecule has 2 aliphatic carbocycles. The Hall–Kier alpha value is 0.125. The molecule has 0 nitrogen and oxygen atoms in total. The molecule has 3 rings (SSSR count). The summed E-state index contributed by atoms with van der Waals surface area (Å²) in [6.07, 6.45) is 0. The van der Waals surface area contributed by atoms with Gasteiger partial charge in [0, 0.05) is 0 Å². The molecule has 147 valence electrons. The van der Waals surface area contributed by atoms with Gasteiger partial charge in [0.05, 0.1) is 8.07 Å². The van der Waals surface area contributed by atoms with Gasteiger partial charge in [-0.2, -0.15) is 36.4 Å². The molecule has 0 heterocycles. The molecule has 1 aromatic carbocycles. The number of hydrogen-bond donors (Lipinski definition) is 0. The molecule has 28 heavy (non-hydrogen) atoms. The molecule has 0 bridgehead atoms. The fraction of sp³-hybridized carbons (Fsp3) is 0.385. The van der Waals surface area contributed by atoms with E-state index in [4.69, 9.17) is 0 Å². The molecule has 0 unspecified atom stereocenters. The average Bonchev–Trinajstić information content (AvgIpc) is 2.97. The molecule has 2 fully saturated rings. The molecule has 0 saturated heterocycles. The van der Waals surface area contributed by atoms with Crippen molar-refractivity contribution in [2.24, 2.45) is 0 Å². The SMILES string of the molecule is C[C]1[C](C)[C](C)[C]([Si](C)(C)[C]2[C](C)[C](C)[C](C)[C]2C)[C]1C.[Mo+3].[c-]1ccccc1. The van der Waals surface area contributed by atoms with E-state index in [2.05, 4.69) is 74.6 Å². The van der Waals surface area contributed by atoms with Crippen molar-refractivity contribution < 1.29 is 21.1 Å². The van der Waals surface area contributed by atoms with E-state index in [0.717, 1.165) is 0 Å². The van der Waals surface area contributed by atoms with E-state index in [-0.39, 0.29) is 21.1 Å². The standard InChI is InChI=1S/C20H30Si.C6H5.Mo/c1-11-12(2)16(6)19(15(11)5)21(9,10)20-17(7)13(3)14(4)18(20)8;1-2-4-6-5-3-1;/h1-10H3;1-5H;/q;-1;+3. The van der Waals surface area contributed by atoms with Gasteiger partial charge in [-0.1, -0.05) is 68.5 Å². The normalized spacial score (nSPS) is 23.8. The van der Waals surface area contributed by atoms with Crippen LogP contribution in [0.15, 0.2) is 30.3 Å². The molecule has 0 aromatic heterocycles. The van der Waals surface area contributed by atoms with Crippen molar-refractivity contribution in [3.63, 3.8) is 0 Å². The quantitative estimate of drug-likeness (QED) is 0.316. The van der Waals surface area contributed by atoms with Gasteiger partial charge in [0.25, 0.3) is 0 Å². The van der Waals surface area contributed by atoms with Gasteiger partial charge in [-0.3, -0.25) is 0 Å². The Morgan fingerprint density at radius 1 is 0.500 bits per heavy atom. The summed E-state index contributed by atoms with van der Waals surface area (Å²) >= 11 is 0. The van der Waals surface area contributed by atoms with E-state index in [1.807, 2.05) is 30.3 Å². The summed E-state index contributed by atoms with van der Waals surface area (Å²) < 4.78 is 0. The van der Waals surface area contributed by atoms with Gasteiger partial charge in [0.15, 0.2) is 0 Å². The topological polar surface area (TPSA) is 0 Å². The number of rotatable bonds is 2. The molecule has 0 N–H and O–H groups in total. The minimum atomic E-state index is -1.65. The number of benzene rings is 1. The second kappa shape index (κ2) is 10.4. The molecule has 0 amide bonds. The minimum Gasteiger partial charge on any atom is -0.184 e. The van der Waals surface area contributed by atoms with Crippen LogP contribution in [0.25, 0.3) is 0 Å². The molecule has 1 aromatic rings. The summed E-state index contributed by atoms with van der Waals surface area (Å²) in [5, 5.41) is 0. The Bertz CT molecular complexity index is 482. The molecule has 0 aliphatic heterocycles. The van der Waals surface area contributed by atoms with Crippen LogP contribution in [0, 0.1) is 64.5 Å². The maximum absolute atomic E-state index is 2.89. The summed E-state index contributed by atoms with van der Waals surface area (Å²) in [4.78, 5) is 0. The van der Waals surface area contributed by atoms with Crippen molar-refractivity contribution >= 4 is 8.07 Å². The maximum atomic E-state index is 2.89. The Balaban J connectivity index is 0.000000478. The zero-order valence-electron chi connectivity index (χ0n) is 19.3. The number of hydrogen-bond acceptors (Lipinski definition) is 0. The van der Waals surface area contributed by atoms with Crippen LogP contribution < -0.4 is 0 Å². The van der Waals surface area contributed by atoms with Crippen LogP contribution in [0.2, 0.25) is 13.1 Å². The molecule has 2 aliphatic rings. The van der Waals surface area contributed by atoms with Crippen LogP contribution in [0.3, 0.4) is 0 Å². The maximum Gasteiger partial charge on any atom is 3.00 e. The Kier molecular flexibility index (Phi) is 9.75. The summed E-state index contributed by atoms with van der Waals surface area (Å²) in [6, 6.07) is 12.5. The van der Waals surface area contributed by atoms with Crippen LogP contribution >= 0.6 is 0 Å². The van der Waals surface area contributed by atoms with Crippen LogP contribution in [0.1, 0.15) is 55.4 Å². The Morgan fingerprint density at radius 2 is 0.786 bits per heavy atom. The van der Waals surface area contributed by atoms with E-state index in [9.17, 15) is 0 Å². The van der Waals surface area contributed by atoms with E-state index < -0.39 is 8.07 Å². The van der Waals surface area contributed by atoms with Crippen LogP contribution in [-0.2, 0) is 21.1 Å². The second-order valence-electron chi connectivity index (χ2n) is 8.45. The second-order valence-corrected chi connectivity index (χ2v) is 12.7. The first kappa shape index (κ1) is 26.2. The summed E-state index contributed by atoms with van der Waals surface area (Å²) in [5.74, 6) is 12.1. The van der Waals surface area contributed by atoms with Crippen LogP contribution in [0.5, 0.6) is 0 Å². The largest absolute Gasteiger partial charge is 3.00 e. The van der Waals surface area contributed by atoms with Gasteiger partial charge < -0.3 is 0 Å². The predicted molar refractivity (Wildman–Crippen MR) is 121 cm³/mol. The van der Waals surface area contributed by atoms with Gasteiger partial charge in [-0.05, 0) is 58.4 Å². The first-order chi connectivity index (χ1) is 12.5. The third-order valence-corrected chi connectivity index (χ3v) is 10.7. The zero-order chi connectivity index (χ0) is 20.5. The Labute approximate surface area is 191 Å². The molecule has 2 heteroatoms. The van der Waals surface area contributed by atoms with Crippen LogP contribution in [-0.4, -0.2) is 8.07 Å². The molecule has 0 spiro atoms. The van der Waals surface area contributed by atoms with E-state index in [0.29, 0.717) is 0 Å². The van der Waals surface area contributed by atoms with Crippen LogP contribution in [0.4, 0.5) is 0 Å². The van der Waals surface area contributed by atoms with Gasteiger partial charge in [-0.15, -0.1) is 0 Å². The molecular weight excluding hydrogens is 436 g/mol. The fourth-order valence-electron chi connectivity index (χ4n) is 4.78. The van der Waals surface area contributed by atoms with Crippen molar-refractivity contribution in [1.29, 1.82) is 0 Å². The van der Waals surface area contributed by atoms with Gasteiger partial charge in [0.2, 0.25) is 0 Å². The zero-order valence-corrected chi connectivity index (χ0v) is 22.3. The average molecular weight is 472 g/mol. The van der Waals surface area contributed by atoms with Gasteiger partial charge >= 0.3 is 21.1 Å². The van der Waals surface area contributed by atoms with Crippen molar-refractivity contribution in [2.75, 3.05) is 0 Å². The summed E-state index contributed by atoms with van der Waals surface area (Å²) in [6.45, 7) is 23.5. The van der Waals surface area contributed by atoms with Gasteiger partial charge in [0.1, 0.15) is 0 Å². The molecule has 0 atom stereocenters. The molecule has 11 radical (unpaired) electrons. The van der Waals surface area contributed by atoms with Crippen molar-refractivity contribution in [3.8, 4) is 0 Å². The monoisotopic (exact) mass is 473 g/mol. The van der Waals surface area contributed by atoms with E-state index in [1.54, 1.807) is 11.1 Å². The van der Waals surface area contributed by atoms with Crippen molar-refractivity contribution in [3.05, 3.63) is 94.8 Å². The summed E-state index contributed by atoms with van der Waals surface area (Å²) in [5.41, 5.74) is 3.35. The third kappa shape index (κ3) is 4.88.